The molecule has 2 fully saturated rings. The van der Waals surface area contributed by atoms with Gasteiger partial charge in [-0.25, -0.2) is 0 Å². The highest BCUT2D eigenvalue weighted by Crippen LogP contribution is 2.27. The second-order valence-corrected chi connectivity index (χ2v) is 9.61. The molecule has 0 unspecified atom stereocenters. The maximum Gasteiger partial charge on any atom is 0.257 e. The van der Waals surface area contributed by atoms with E-state index in [0.717, 1.165) is 71.6 Å². The molecule has 0 saturated carbocycles. The minimum atomic E-state index is 0.0828. The van der Waals surface area contributed by atoms with Crippen LogP contribution in [0.15, 0.2) is 60.9 Å². The zero-order chi connectivity index (χ0) is 23.9. The van der Waals surface area contributed by atoms with E-state index in [0.29, 0.717) is 23.8 Å². The molecule has 5 rings (SSSR count). The number of hydrogen-bond acceptors (Lipinski definition) is 5. The topological polar surface area (TPSA) is 54.9 Å². The van der Waals surface area contributed by atoms with Gasteiger partial charge in [-0.1, -0.05) is 36.4 Å². The van der Waals surface area contributed by atoms with Gasteiger partial charge in [0, 0.05) is 50.5 Å². The smallest absolute Gasteiger partial charge is 0.257 e. The Bertz CT molecular complexity index is 1120. The van der Waals surface area contributed by atoms with Crippen molar-refractivity contribution in [1.29, 1.82) is 0 Å². The van der Waals surface area contributed by atoms with E-state index in [2.05, 4.69) is 34.1 Å². The van der Waals surface area contributed by atoms with Crippen molar-refractivity contribution < 1.29 is 14.3 Å². The number of para-hydroxylation sites is 1. The fourth-order valence-electron chi connectivity index (χ4n) is 5.27. The molecular weight excluding hydrogens is 438 g/mol. The van der Waals surface area contributed by atoms with Crippen LogP contribution in [0.4, 0.5) is 0 Å². The van der Waals surface area contributed by atoms with Crippen molar-refractivity contribution in [2.75, 3.05) is 52.5 Å². The molecule has 2 aliphatic heterocycles. The summed E-state index contributed by atoms with van der Waals surface area (Å²) < 4.78 is 11.5. The van der Waals surface area contributed by atoms with Crippen LogP contribution in [-0.2, 0) is 11.2 Å². The first-order valence-corrected chi connectivity index (χ1v) is 12.9. The quantitative estimate of drug-likeness (QED) is 0.508. The molecule has 0 bridgehead atoms. The van der Waals surface area contributed by atoms with Crippen LogP contribution < -0.4 is 4.74 Å². The number of likely N-dealkylation sites (tertiary alicyclic amines) is 1. The molecule has 1 atom stereocenters. The lowest BCUT2D eigenvalue weighted by Crippen LogP contribution is -2.38. The molecule has 0 N–H and O–H groups in total. The second-order valence-electron chi connectivity index (χ2n) is 9.61. The number of carbonyl (C=O) groups excluding carboxylic acids is 1. The lowest BCUT2D eigenvalue weighted by molar-refractivity contribution is 0.0321. The van der Waals surface area contributed by atoms with Crippen LogP contribution in [0, 0.1) is 5.92 Å². The Kier molecular flexibility index (Phi) is 7.91. The van der Waals surface area contributed by atoms with Gasteiger partial charge in [0.25, 0.3) is 5.91 Å². The highest BCUT2D eigenvalue weighted by atomic mass is 16.5. The van der Waals surface area contributed by atoms with Gasteiger partial charge in [-0.15, -0.1) is 0 Å². The van der Waals surface area contributed by atoms with Crippen molar-refractivity contribution in [2.24, 2.45) is 5.92 Å². The molecule has 6 nitrogen and oxygen atoms in total. The van der Waals surface area contributed by atoms with E-state index in [1.807, 2.05) is 41.6 Å². The first-order valence-electron chi connectivity index (χ1n) is 12.9. The van der Waals surface area contributed by atoms with Crippen LogP contribution in [0.1, 0.15) is 35.2 Å². The monoisotopic (exact) mass is 473 g/mol. The van der Waals surface area contributed by atoms with E-state index in [1.165, 1.54) is 16.3 Å². The molecule has 0 radical (unpaired) electrons. The number of amides is 1. The Balaban J connectivity index is 1.19. The lowest BCUT2D eigenvalue weighted by Gasteiger charge is -2.26. The number of morpholine rings is 1. The van der Waals surface area contributed by atoms with Gasteiger partial charge in [0.05, 0.1) is 18.8 Å². The fraction of sp³-hybridized carbons (Fsp3) is 0.448. The lowest BCUT2D eigenvalue weighted by atomic mass is 9.91. The van der Waals surface area contributed by atoms with Gasteiger partial charge in [-0.05, 0) is 54.7 Å². The molecule has 35 heavy (non-hydrogen) atoms. The normalized spacial score (nSPS) is 19.4. The largest absolute Gasteiger partial charge is 0.491 e. The van der Waals surface area contributed by atoms with Crippen molar-refractivity contribution in [3.63, 3.8) is 0 Å². The van der Waals surface area contributed by atoms with Gasteiger partial charge in [0.1, 0.15) is 12.4 Å². The Morgan fingerprint density at radius 3 is 2.71 bits per heavy atom. The molecule has 6 heteroatoms. The number of nitrogens with zero attached hydrogens (tertiary/aromatic N) is 3. The number of fused-ring (bicyclic) bond motifs is 1. The molecule has 3 heterocycles. The summed E-state index contributed by atoms with van der Waals surface area (Å²) in [6.45, 7) is 6.44. The molecule has 1 amide bonds. The Morgan fingerprint density at radius 2 is 1.80 bits per heavy atom. The first-order chi connectivity index (χ1) is 17.3. The molecule has 0 spiro atoms. The zero-order valence-electron chi connectivity index (χ0n) is 20.4. The van der Waals surface area contributed by atoms with E-state index in [-0.39, 0.29) is 5.91 Å². The molecule has 0 aliphatic carbocycles. The van der Waals surface area contributed by atoms with Crippen molar-refractivity contribution in [2.45, 2.75) is 25.7 Å². The maximum absolute atomic E-state index is 13.5. The van der Waals surface area contributed by atoms with E-state index < -0.39 is 0 Å². The van der Waals surface area contributed by atoms with E-state index in [4.69, 9.17) is 9.47 Å². The summed E-state index contributed by atoms with van der Waals surface area (Å²) in [4.78, 5) is 22.3. The zero-order valence-corrected chi connectivity index (χ0v) is 20.4. The molecule has 2 aliphatic rings. The number of benzene rings is 2. The van der Waals surface area contributed by atoms with Gasteiger partial charge < -0.3 is 14.4 Å². The number of hydrogen-bond donors (Lipinski definition) is 0. The van der Waals surface area contributed by atoms with Gasteiger partial charge in [-0.3, -0.25) is 14.7 Å². The summed E-state index contributed by atoms with van der Waals surface area (Å²) >= 11 is 0. The highest BCUT2D eigenvalue weighted by molar-refractivity contribution is 5.97. The third-order valence-corrected chi connectivity index (χ3v) is 7.28. The van der Waals surface area contributed by atoms with Crippen LogP contribution in [-0.4, -0.2) is 73.2 Å². The molecular formula is C29H35N3O3. The van der Waals surface area contributed by atoms with Crippen molar-refractivity contribution >= 4 is 16.7 Å². The molecule has 2 saturated heterocycles. The predicted octanol–water partition coefficient (Wildman–Crippen LogP) is 4.43. The van der Waals surface area contributed by atoms with Crippen LogP contribution in [0.25, 0.3) is 10.8 Å². The van der Waals surface area contributed by atoms with Gasteiger partial charge in [-0.2, -0.15) is 0 Å². The minimum Gasteiger partial charge on any atom is -0.491 e. The molecule has 3 aromatic rings. The summed E-state index contributed by atoms with van der Waals surface area (Å²) in [6, 6.07) is 16.2. The molecule has 184 valence electrons. The summed E-state index contributed by atoms with van der Waals surface area (Å²) in [5.41, 5.74) is 1.98. The number of aromatic nitrogens is 1. The van der Waals surface area contributed by atoms with Gasteiger partial charge in [0.2, 0.25) is 0 Å². The third kappa shape index (κ3) is 6.00. The summed E-state index contributed by atoms with van der Waals surface area (Å²) in [6.07, 6.45) is 8.12. The van der Waals surface area contributed by atoms with E-state index >= 15 is 0 Å². The maximum atomic E-state index is 13.5. The Labute approximate surface area is 207 Å². The standard InChI is InChI=1S/C29H35N3O3/c33-29(27-9-3-4-10-28(27)35-19-16-31-14-17-34-18-15-31)32-12-5-6-23(11-13-32)20-25-22-30-21-24-7-1-2-8-26(24)25/h1-4,7-10,21-23H,5-6,11-20H2/t23-/m0/s1. The average molecular weight is 474 g/mol. The fourth-order valence-corrected chi connectivity index (χ4v) is 5.27. The van der Waals surface area contributed by atoms with Crippen LogP contribution >= 0.6 is 0 Å². The van der Waals surface area contributed by atoms with Crippen molar-refractivity contribution in [3.8, 4) is 5.75 Å². The van der Waals surface area contributed by atoms with Gasteiger partial charge in [0.15, 0.2) is 0 Å². The average Bonchev–Trinajstić information content (AvgIpc) is 3.15. The highest BCUT2D eigenvalue weighted by Gasteiger charge is 2.24. The van der Waals surface area contributed by atoms with Crippen molar-refractivity contribution in [3.05, 3.63) is 72.1 Å². The number of ether oxygens (including phenoxy) is 2. The summed E-state index contributed by atoms with van der Waals surface area (Å²) in [5, 5.41) is 2.49. The number of carbonyl (C=O) groups is 1. The van der Waals surface area contributed by atoms with Crippen LogP contribution in [0.2, 0.25) is 0 Å². The number of rotatable bonds is 7. The minimum absolute atomic E-state index is 0.0828. The molecule has 2 aromatic carbocycles. The SMILES string of the molecule is O=C(c1ccccc1OCCN1CCOCC1)N1CCC[C@H](Cc2cncc3ccccc23)CC1. The summed E-state index contributed by atoms with van der Waals surface area (Å²) in [7, 11) is 0. The first kappa shape index (κ1) is 23.8. The van der Waals surface area contributed by atoms with E-state index in [1.54, 1.807) is 0 Å². The Morgan fingerprint density at radius 1 is 0.971 bits per heavy atom. The number of pyridine rings is 1. The predicted molar refractivity (Wildman–Crippen MR) is 138 cm³/mol. The van der Waals surface area contributed by atoms with E-state index in [9.17, 15) is 4.79 Å². The van der Waals surface area contributed by atoms with Gasteiger partial charge >= 0.3 is 0 Å². The Hall–Kier alpha value is -2.96. The molecule has 1 aromatic heterocycles. The third-order valence-electron chi connectivity index (χ3n) is 7.28. The summed E-state index contributed by atoms with van der Waals surface area (Å²) in [5.74, 6) is 1.33. The van der Waals surface area contributed by atoms with Crippen molar-refractivity contribution in [1.82, 2.24) is 14.8 Å². The second kappa shape index (κ2) is 11.6. The van der Waals surface area contributed by atoms with Crippen LogP contribution in [0.3, 0.4) is 0 Å². The van der Waals surface area contributed by atoms with Crippen LogP contribution in [0.5, 0.6) is 5.75 Å².